The molecule has 0 radical (unpaired) electrons. The first kappa shape index (κ1) is 23.5. The number of likely N-dealkylation sites (tertiary alicyclic amines) is 1. The summed E-state index contributed by atoms with van der Waals surface area (Å²) in [6, 6.07) is 15.7. The molecule has 1 aliphatic rings. The second kappa shape index (κ2) is 10.5. The highest BCUT2D eigenvalue weighted by Crippen LogP contribution is 2.27. The SMILES string of the molecule is Cc1ccccc1C(NC(=O)C1CCN(Cc2nc(-c3ccc(Cl)cc3)no2)CC1)C(C)C. The van der Waals surface area contributed by atoms with E-state index in [4.69, 9.17) is 16.1 Å². The smallest absolute Gasteiger partial charge is 0.241 e. The Labute approximate surface area is 200 Å². The number of amides is 1. The van der Waals surface area contributed by atoms with Gasteiger partial charge in [-0.25, -0.2) is 0 Å². The van der Waals surface area contributed by atoms with Gasteiger partial charge in [0, 0.05) is 16.5 Å². The molecule has 1 unspecified atom stereocenters. The molecule has 0 saturated carbocycles. The second-order valence-corrected chi connectivity index (χ2v) is 9.59. The molecule has 3 aromatic rings. The van der Waals surface area contributed by atoms with Crippen LogP contribution in [0.2, 0.25) is 5.02 Å². The Morgan fingerprint density at radius 1 is 1.15 bits per heavy atom. The number of hydrogen-bond acceptors (Lipinski definition) is 5. The summed E-state index contributed by atoms with van der Waals surface area (Å²) in [4.78, 5) is 19.9. The maximum atomic E-state index is 13.1. The molecule has 174 valence electrons. The molecule has 1 saturated heterocycles. The van der Waals surface area contributed by atoms with E-state index in [-0.39, 0.29) is 17.9 Å². The molecular formula is C26H31ClN4O2. The van der Waals surface area contributed by atoms with Gasteiger partial charge in [0.25, 0.3) is 0 Å². The zero-order valence-corrected chi connectivity index (χ0v) is 20.2. The van der Waals surface area contributed by atoms with Crippen LogP contribution in [0.1, 0.15) is 49.7 Å². The van der Waals surface area contributed by atoms with Crippen molar-refractivity contribution in [3.05, 3.63) is 70.6 Å². The van der Waals surface area contributed by atoms with E-state index in [0.717, 1.165) is 31.5 Å². The number of carbonyl (C=O) groups excluding carboxylic acids is 1. The molecule has 2 heterocycles. The number of nitrogens with one attached hydrogen (secondary N) is 1. The van der Waals surface area contributed by atoms with Gasteiger partial charge in [0.05, 0.1) is 12.6 Å². The van der Waals surface area contributed by atoms with Gasteiger partial charge in [-0.2, -0.15) is 4.98 Å². The van der Waals surface area contributed by atoms with Gasteiger partial charge in [0.1, 0.15) is 0 Å². The molecule has 2 aromatic carbocycles. The van der Waals surface area contributed by atoms with Crippen LogP contribution in [0.25, 0.3) is 11.4 Å². The lowest BCUT2D eigenvalue weighted by atomic mass is 9.90. The maximum absolute atomic E-state index is 13.1. The van der Waals surface area contributed by atoms with E-state index in [1.54, 1.807) is 0 Å². The first-order chi connectivity index (χ1) is 15.9. The van der Waals surface area contributed by atoms with Crippen LogP contribution in [0, 0.1) is 18.8 Å². The van der Waals surface area contributed by atoms with Gasteiger partial charge >= 0.3 is 0 Å². The highest BCUT2D eigenvalue weighted by atomic mass is 35.5. The van der Waals surface area contributed by atoms with E-state index in [2.05, 4.69) is 53.3 Å². The Morgan fingerprint density at radius 2 is 1.85 bits per heavy atom. The van der Waals surface area contributed by atoms with Gasteiger partial charge < -0.3 is 9.84 Å². The number of nitrogens with zero attached hydrogens (tertiary/aromatic N) is 3. The summed E-state index contributed by atoms with van der Waals surface area (Å²) >= 11 is 5.95. The Kier molecular flexibility index (Phi) is 7.46. The van der Waals surface area contributed by atoms with Crippen LogP contribution in [0.4, 0.5) is 0 Å². The standard InChI is InChI=1S/C26H31ClN4O2/c1-17(2)24(22-7-5-4-6-18(22)3)29-26(32)20-12-14-31(15-13-20)16-23-28-25(30-33-23)19-8-10-21(27)11-9-19/h4-11,17,20,24H,12-16H2,1-3H3,(H,29,32). The first-order valence-electron chi connectivity index (χ1n) is 11.6. The quantitative estimate of drug-likeness (QED) is 0.503. The number of hydrogen-bond donors (Lipinski definition) is 1. The minimum atomic E-state index is 0.0267. The van der Waals surface area contributed by atoms with Crippen molar-refractivity contribution < 1.29 is 9.32 Å². The normalized spacial score (nSPS) is 16.2. The van der Waals surface area contributed by atoms with Gasteiger partial charge in [-0.1, -0.05) is 54.9 Å². The highest BCUT2D eigenvalue weighted by Gasteiger charge is 2.29. The predicted octanol–water partition coefficient (Wildman–Crippen LogP) is 5.42. The molecule has 1 N–H and O–H groups in total. The molecule has 4 rings (SSSR count). The van der Waals surface area contributed by atoms with E-state index in [1.165, 1.54) is 11.1 Å². The van der Waals surface area contributed by atoms with Crippen LogP contribution in [0.3, 0.4) is 0 Å². The van der Waals surface area contributed by atoms with E-state index in [9.17, 15) is 4.79 Å². The summed E-state index contributed by atoms with van der Waals surface area (Å²) in [6.07, 6.45) is 1.64. The highest BCUT2D eigenvalue weighted by molar-refractivity contribution is 6.30. The monoisotopic (exact) mass is 466 g/mol. The van der Waals surface area contributed by atoms with Gasteiger partial charge in [0.15, 0.2) is 0 Å². The molecule has 0 spiro atoms. The fourth-order valence-electron chi connectivity index (χ4n) is 4.39. The molecule has 1 atom stereocenters. The third-order valence-corrected chi connectivity index (χ3v) is 6.63. The molecule has 7 heteroatoms. The largest absolute Gasteiger partial charge is 0.349 e. The van der Waals surface area contributed by atoms with Crippen molar-refractivity contribution in [3.8, 4) is 11.4 Å². The third kappa shape index (κ3) is 5.81. The zero-order chi connectivity index (χ0) is 23.4. The summed E-state index contributed by atoms with van der Waals surface area (Å²) in [5, 5.41) is 8.09. The van der Waals surface area contributed by atoms with Crippen LogP contribution in [-0.4, -0.2) is 34.0 Å². The molecule has 1 aliphatic heterocycles. The van der Waals surface area contributed by atoms with Crippen molar-refractivity contribution in [3.63, 3.8) is 0 Å². The molecule has 0 aliphatic carbocycles. The minimum Gasteiger partial charge on any atom is -0.349 e. The van der Waals surface area contributed by atoms with E-state index in [1.807, 2.05) is 36.4 Å². The fourth-order valence-corrected chi connectivity index (χ4v) is 4.52. The minimum absolute atomic E-state index is 0.0267. The van der Waals surface area contributed by atoms with Crippen LogP contribution in [0.5, 0.6) is 0 Å². The Bertz CT molecular complexity index is 1070. The molecule has 1 aromatic heterocycles. The fraction of sp³-hybridized carbons (Fsp3) is 0.423. The van der Waals surface area contributed by atoms with Crippen molar-refractivity contribution in [2.75, 3.05) is 13.1 Å². The lowest BCUT2D eigenvalue weighted by Gasteiger charge is -2.32. The third-order valence-electron chi connectivity index (χ3n) is 6.38. The maximum Gasteiger partial charge on any atom is 0.241 e. The number of halogens is 1. The van der Waals surface area contributed by atoms with Crippen molar-refractivity contribution in [1.82, 2.24) is 20.4 Å². The summed E-state index contributed by atoms with van der Waals surface area (Å²) < 4.78 is 5.45. The van der Waals surface area contributed by atoms with Crippen LogP contribution in [-0.2, 0) is 11.3 Å². The number of piperidine rings is 1. The Balaban J connectivity index is 1.31. The van der Waals surface area contributed by atoms with Crippen molar-refractivity contribution in [2.24, 2.45) is 11.8 Å². The second-order valence-electron chi connectivity index (χ2n) is 9.16. The summed E-state index contributed by atoms with van der Waals surface area (Å²) in [5.74, 6) is 1.65. The van der Waals surface area contributed by atoms with Crippen LogP contribution < -0.4 is 5.32 Å². The average molecular weight is 467 g/mol. The van der Waals surface area contributed by atoms with Gasteiger partial charge in [0.2, 0.25) is 17.6 Å². The number of aryl methyl sites for hydroxylation is 1. The van der Waals surface area contributed by atoms with Crippen molar-refractivity contribution >= 4 is 17.5 Å². The molecule has 1 amide bonds. The molecular weight excluding hydrogens is 436 g/mol. The molecule has 6 nitrogen and oxygen atoms in total. The zero-order valence-electron chi connectivity index (χ0n) is 19.4. The van der Waals surface area contributed by atoms with E-state index < -0.39 is 0 Å². The lowest BCUT2D eigenvalue weighted by molar-refractivity contribution is -0.127. The Hall–Kier alpha value is -2.70. The molecule has 1 fully saturated rings. The van der Waals surface area contributed by atoms with Crippen LogP contribution >= 0.6 is 11.6 Å². The number of benzene rings is 2. The summed E-state index contributed by atoms with van der Waals surface area (Å²) in [5.41, 5.74) is 3.29. The molecule has 0 bridgehead atoms. The number of rotatable bonds is 7. The topological polar surface area (TPSA) is 71.3 Å². The van der Waals surface area contributed by atoms with Crippen molar-refractivity contribution in [2.45, 2.75) is 46.2 Å². The molecule has 33 heavy (non-hydrogen) atoms. The summed E-state index contributed by atoms with van der Waals surface area (Å²) in [6.45, 7) is 8.66. The average Bonchev–Trinajstić information content (AvgIpc) is 3.27. The number of carbonyl (C=O) groups is 1. The van der Waals surface area contributed by atoms with Crippen molar-refractivity contribution in [1.29, 1.82) is 0 Å². The summed E-state index contributed by atoms with van der Waals surface area (Å²) in [7, 11) is 0. The first-order valence-corrected chi connectivity index (χ1v) is 12.0. The lowest BCUT2D eigenvalue weighted by Crippen LogP contribution is -2.42. The predicted molar refractivity (Wildman–Crippen MR) is 130 cm³/mol. The number of aromatic nitrogens is 2. The Morgan fingerprint density at radius 3 is 2.52 bits per heavy atom. The van der Waals surface area contributed by atoms with Gasteiger partial charge in [-0.15, -0.1) is 0 Å². The van der Waals surface area contributed by atoms with Crippen LogP contribution in [0.15, 0.2) is 53.1 Å². The van der Waals surface area contributed by atoms with Gasteiger partial charge in [-0.05, 0) is 74.2 Å². The van der Waals surface area contributed by atoms with E-state index in [0.29, 0.717) is 29.2 Å². The van der Waals surface area contributed by atoms with Gasteiger partial charge in [-0.3, -0.25) is 9.69 Å². The van der Waals surface area contributed by atoms with E-state index >= 15 is 0 Å².